The van der Waals surface area contributed by atoms with Crippen LogP contribution in [-0.4, -0.2) is 26.2 Å². The topological polar surface area (TPSA) is 78.3 Å². The zero-order valence-electron chi connectivity index (χ0n) is 23.0. The number of benzene rings is 4. The Hall–Kier alpha value is -4.81. The van der Waals surface area contributed by atoms with E-state index in [4.69, 9.17) is 25.5 Å². The van der Waals surface area contributed by atoms with Gasteiger partial charge in [-0.05, 0) is 48.9 Å². The standard InChI is InChI=1S/C35H31N5O/c1-2-41-31-12-7-6-11-29(31)25-13-15-27(16-14-25)33-38-34-37-32(26-17-19-28(20-18-26)35(36)21-8-22-35)30(23-40(34)39-33)24-9-4-3-5-10-24/h3-7,9-20,23H,2,8,21-22,36H2,1H3. The first-order chi connectivity index (χ1) is 20.1. The quantitative estimate of drug-likeness (QED) is 0.228. The summed E-state index contributed by atoms with van der Waals surface area (Å²) < 4.78 is 7.61. The molecule has 0 aliphatic heterocycles. The molecule has 1 aliphatic carbocycles. The summed E-state index contributed by atoms with van der Waals surface area (Å²) in [6.07, 6.45) is 5.29. The highest BCUT2D eigenvalue weighted by atomic mass is 16.5. The number of hydrogen-bond acceptors (Lipinski definition) is 5. The molecule has 6 heteroatoms. The van der Waals surface area contributed by atoms with Crippen LogP contribution in [0.5, 0.6) is 5.75 Å². The number of ether oxygens (including phenoxy) is 1. The molecule has 2 N–H and O–H groups in total. The maximum absolute atomic E-state index is 6.59. The second-order valence-electron chi connectivity index (χ2n) is 10.6. The monoisotopic (exact) mass is 537 g/mol. The maximum atomic E-state index is 6.59. The van der Waals surface area contributed by atoms with Crippen molar-refractivity contribution < 1.29 is 4.74 Å². The largest absolute Gasteiger partial charge is 0.493 e. The lowest BCUT2D eigenvalue weighted by molar-refractivity contribution is 0.253. The van der Waals surface area contributed by atoms with Gasteiger partial charge in [0.05, 0.1) is 12.3 Å². The van der Waals surface area contributed by atoms with Crippen LogP contribution < -0.4 is 10.5 Å². The molecule has 202 valence electrons. The van der Waals surface area contributed by atoms with E-state index in [1.165, 1.54) is 12.0 Å². The van der Waals surface area contributed by atoms with Crippen molar-refractivity contribution in [2.24, 2.45) is 5.73 Å². The van der Waals surface area contributed by atoms with Crippen LogP contribution in [0.1, 0.15) is 31.7 Å². The molecular formula is C35H31N5O. The molecule has 4 aromatic carbocycles. The number of aromatic nitrogens is 4. The van der Waals surface area contributed by atoms with E-state index in [1.807, 2.05) is 61.7 Å². The van der Waals surface area contributed by atoms with Crippen LogP contribution in [0, 0.1) is 0 Å². The van der Waals surface area contributed by atoms with Crippen LogP contribution in [0.25, 0.3) is 50.7 Å². The molecule has 2 aromatic heterocycles. The van der Waals surface area contributed by atoms with E-state index in [2.05, 4.69) is 54.6 Å². The zero-order valence-corrected chi connectivity index (χ0v) is 23.0. The van der Waals surface area contributed by atoms with Gasteiger partial charge in [-0.3, -0.25) is 0 Å². The van der Waals surface area contributed by atoms with Gasteiger partial charge in [-0.25, -0.2) is 9.50 Å². The van der Waals surface area contributed by atoms with Crippen LogP contribution >= 0.6 is 0 Å². The third-order valence-corrected chi connectivity index (χ3v) is 8.04. The van der Waals surface area contributed by atoms with Crippen molar-refractivity contribution in [2.75, 3.05) is 6.61 Å². The van der Waals surface area contributed by atoms with Crippen LogP contribution in [0.3, 0.4) is 0 Å². The summed E-state index contributed by atoms with van der Waals surface area (Å²) in [4.78, 5) is 9.86. The zero-order chi connectivity index (χ0) is 27.8. The van der Waals surface area contributed by atoms with Crippen LogP contribution in [-0.2, 0) is 5.54 Å². The van der Waals surface area contributed by atoms with E-state index in [-0.39, 0.29) is 5.54 Å². The molecule has 7 rings (SSSR count). The van der Waals surface area contributed by atoms with Crippen LogP contribution in [0.15, 0.2) is 109 Å². The molecule has 0 radical (unpaired) electrons. The van der Waals surface area contributed by atoms with E-state index in [0.717, 1.165) is 57.7 Å². The van der Waals surface area contributed by atoms with E-state index in [1.54, 1.807) is 4.52 Å². The predicted molar refractivity (Wildman–Crippen MR) is 163 cm³/mol. The van der Waals surface area contributed by atoms with E-state index < -0.39 is 0 Å². The van der Waals surface area contributed by atoms with E-state index >= 15 is 0 Å². The molecule has 0 unspecified atom stereocenters. The van der Waals surface area contributed by atoms with Crippen LogP contribution in [0.2, 0.25) is 0 Å². The predicted octanol–water partition coefficient (Wildman–Crippen LogP) is 7.53. The summed E-state index contributed by atoms with van der Waals surface area (Å²) in [5.41, 5.74) is 14.6. The van der Waals surface area contributed by atoms with Gasteiger partial charge in [0.25, 0.3) is 5.78 Å². The van der Waals surface area contributed by atoms with Crippen molar-refractivity contribution in [2.45, 2.75) is 31.7 Å². The number of para-hydroxylation sites is 1. The number of nitrogens with two attached hydrogens (primary N) is 1. The highest BCUT2D eigenvalue weighted by Crippen LogP contribution is 2.40. The summed E-state index contributed by atoms with van der Waals surface area (Å²) in [5, 5.41) is 4.82. The van der Waals surface area contributed by atoms with E-state index in [0.29, 0.717) is 18.2 Å². The van der Waals surface area contributed by atoms with Gasteiger partial charge in [0.2, 0.25) is 0 Å². The minimum atomic E-state index is -0.194. The number of fused-ring (bicyclic) bond motifs is 1. The smallest absolute Gasteiger partial charge is 0.253 e. The van der Waals surface area contributed by atoms with E-state index in [9.17, 15) is 0 Å². The van der Waals surface area contributed by atoms with Crippen molar-refractivity contribution in [3.05, 3.63) is 115 Å². The molecule has 1 fully saturated rings. The van der Waals surface area contributed by atoms with Gasteiger partial charge in [0.1, 0.15) is 5.75 Å². The fraction of sp³-hybridized carbons (Fsp3) is 0.171. The Bertz CT molecular complexity index is 1820. The average Bonchev–Trinajstić information content (AvgIpc) is 3.44. The Morgan fingerprint density at radius 3 is 2.10 bits per heavy atom. The third-order valence-electron chi connectivity index (χ3n) is 8.04. The van der Waals surface area contributed by atoms with Crippen molar-refractivity contribution in [3.63, 3.8) is 0 Å². The molecule has 2 heterocycles. The first-order valence-corrected chi connectivity index (χ1v) is 14.2. The molecule has 6 nitrogen and oxygen atoms in total. The number of nitrogens with zero attached hydrogens (tertiary/aromatic N) is 4. The van der Waals surface area contributed by atoms with Gasteiger partial charge in [-0.2, -0.15) is 4.98 Å². The molecule has 1 aliphatic rings. The fourth-order valence-corrected chi connectivity index (χ4v) is 5.58. The summed E-state index contributed by atoms with van der Waals surface area (Å²) in [7, 11) is 0. The summed E-state index contributed by atoms with van der Waals surface area (Å²) in [6, 6.07) is 35.2. The second kappa shape index (κ2) is 10.3. The van der Waals surface area contributed by atoms with Gasteiger partial charge < -0.3 is 10.5 Å². The van der Waals surface area contributed by atoms with Gasteiger partial charge >= 0.3 is 0 Å². The molecule has 0 saturated heterocycles. The normalized spacial score (nSPS) is 14.1. The Kier molecular flexibility index (Phi) is 6.33. The van der Waals surface area contributed by atoms with Crippen molar-refractivity contribution in [1.82, 2.24) is 19.6 Å². The lowest BCUT2D eigenvalue weighted by atomic mass is 9.72. The minimum absolute atomic E-state index is 0.194. The molecule has 1 saturated carbocycles. The molecule has 0 bridgehead atoms. The lowest BCUT2D eigenvalue weighted by Crippen LogP contribution is -2.43. The number of hydrogen-bond donors (Lipinski definition) is 1. The lowest BCUT2D eigenvalue weighted by Gasteiger charge is -2.38. The molecule has 6 aromatic rings. The summed E-state index contributed by atoms with van der Waals surface area (Å²) in [6.45, 7) is 2.62. The molecule has 0 spiro atoms. The van der Waals surface area contributed by atoms with Crippen LogP contribution in [0.4, 0.5) is 0 Å². The third kappa shape index (κ3) is 4.66. The maximum Gasteiger partial charge on any atom is 0.253 e. The van der Waals surface area contributed by atoms with Gasteiger partial charge in [-0.1, -0.05) is 97.1 Å². The summed E-state index contributed by atoms with van der Waals surface area (Å²) in [5.74, 6) is 2.06. The fourth-order valence-electron chi connectivity index (χ4n) is 5.58. The average molecular weight is 538 g/mol. The van der Waals surface area contributed by atoms with Crippen molar-refractivity contribution in [1.29, 1.82) is 0 Å². The molecule has 0 atom stereocenters. The Morgan fingerprint density at radius 2 is 1.39 bits per heavy atom. The Balaban J connectivity index is 1.28. The van der Waals surface area contributed by atoms with Crippen molar-refractivity contribution >= 4 is 5.78 Å². The first kappa shape index (κ1) is 25.2. The Labute approximate surface area is 239 Å². The van der Waals surface area contributed by atoms with Gasteiger partial charge in [0, 0.05) is 34.0 Å². The Morgan fingerprint density at radius 1 is 0.732 bits per heavy atom. The minimum Gasteiger partial charge on any atom is -0.493 e. The first-order valence-electron chi connectivity index (χ1n) is 14.2. The summed E-state index contributed by atoms with van der Waals surface area (Å²) >= 11 is 0. The highest BCUT2D eigenvalue weighted by molar-refractivity contribution is 5.81. The van der Waals surface area contributed by atoms with Gasteiger partial charge in [-0.15, -0.1) is 5.10 Å². The highest BCUT2D eigenvalue weighted by Gasteiger charge is 2.34. The SMILES string of the molecule is CCOc1ccccc1-c1ccc(-c2nc3nc(-c4ccc(C5(N)CCC5)cc4)c(-c4ccccc4)cn3n2)cc1. The van der Waals surface area contributed by atoms with Crippen molar-refractivity contribution in [3.8, 4) is 50.6 Å². The molecule has 0 amide bonds. The molecule has 41 heavy (non-hydrogen) atoms. The number of rotatable bonds is 7. The second-order valence-corrected chi connectivity index (χ2v) is 10.6. The van der Waals surface area contributed by atoms with Gasteiger partial charge in [0.15, 0.2) is 5.82 Å². The molecular weight excluding hydrogens is 506 g/mol.